The maximum Gasteiger partial charge on any atom is 0.232 e. The van der Waals surface area contributed by atoms with Crippen molar-refractivity contribution in [3.8, 4) is 0 Å². The molecular weight excluding hydrogens is 255 g/mol. The number of anilines is 1. The number of benzene rings is 1. The highest BCUT2D eigenvalue weighted by Crippen LogP contribution is 2.31. The second-order valence-corrected chi connectivity index (χ2v) is 4.99. The first-order valence-corrected chi connectivity index (χ1v) is 6.71. The number of nitrogens with zero attached hydrogens (tertiary/aromatic N) is 2. The maximum atomic E-state index is 13.2. The van der Waals surface area contributed by atoms with Crippen LogP contribution in [0, 0.1) is 5.82 Å². The van der Waals surface area contributed by atoms with E-state index in [9.17, 15) is 9.18 Å². The lowest BCUT2D eigenvalue weighted by Crippen LogP contribution is -2.34. The van der Waals surface area contributed by atoms with E-state index in [0.717, 1.165) is 12.8 Å². The highest BCUT2D eigenvalue weighted by molar-refractivity contribution is 5.94. The van der Waals surface area contributed by atoms with Crippen molar-refractivity contribution in [3.63, 3.8) is 0 Å². The Bertz CT molecular complexity index is 611. The zero-order chi connectivity index (χ0) is 13.9. The Morgan fingerprint density at radius 3 is 2.75 bits per heavy atom. The maximum absolute atomic E-state index is 13.2. The lowest BCUT2D eigenvalue weighted by atomic mass is 10.1. The van der Waals surface area contributed by atoms with Crippen LogP contribution in [0.3, 0.4) is 0 Å². The molecule has 3 rings (SSSR count). The molecule has 0 atom stereocenters. The van der Waals surface area contributed by atoms with E-state index in [4.69, 9.17) is 0 Å². The molecule has 102 valence electrons. The predicted molar refractivity (Wildman–Crippen MR) is 74.8 cm³/mol. The zero-order valence-corrected chi connectivity index (χ0v) is 11.0. The topological polar surface area (TPSA) is 33.2 Å². The molecule has 1 aromatic carbocycles. The molecule has 0 N–H and O–H groups in total. The quantitative estimate of drug-likeness (QED) is 0.855. The van der Waals surface area contributed by atoms with Crippen LogP contribution in [0.25, 0.3) is 0 Å². The van der Waals surface area contributed by atoms with Gasteiger partial charge in [0.25, 0.3) is 0 Å². The van der Waals surface area contributed by atoms with Crippen LogP contribution in [0.5, 0.6) is 0 Å². The summed E-state index contributed by atoms with van der Waals surface area (Å²) >= 11 is 0. The van der Waals surface area contributed by atoms with Gasteiger partial charge in [0, 0.05) is 12.2 Å². The largest absolute Gasteiger partial charge is 0.293 e. The van der Waals surface area contributed by atoms with Crippen molar-refractivity contribution in [2.75, 3.05) is 4.90 Å². The monoisotopic (exact) mass is 270 g/mol. The van der Waals surface area contributed by atoms with E-state index in [1.54, 1.807) is 23.2 Å². The van der Waals surface area contributed by atoms with E-state index in [1.165, 1.54) is 12.1 Å². The number of rotatable bonds is 4. The summed E-state index contributed by atoms with van der Waals surface area (Å²) in [4.78, 5) is 18.5. The highest BCUT2D eigenvalue weighted by atomic mass is 19.1. The Kier molecular flexibility index (Phi) is 3.46. The molecule has 0 saturated heterocycles. The Labute approximate surface area is 117 Å². The fourth-order valence-corrected chi connectivity index (χ4v) is 2.25. The van der Waals surface area contributed by atoms with Crippen LogP contribution in [-0.4, -0.2) is 16.9 Å². The van der Waals surface area contributed by atoms with Crippen molar-refractivity contribution in [2.45, 2.75) is 25.3 Å². The molecule has 1 heterocycles. The van der Waals surface area contributed by atoms with E-state index < -0.39 is 0 Å². The second kappa shape index (κ2) is 5.41. The van der Waals surface area contributed by atoms with E-state index >= 15 is 0 Å². The number of halogens is 1. The number of amides is 1. The summed E-state index contributed by atoms with van der Waals surface area (Å²) in [5, 5.41) is 0. The van der Waals surface area contributed by atoms with Gasteiger partial charge < -0.3 is 0 Å². The third kappa shape index (κ3) is 2.85. The molecule has 1 aliphatic rings. The summed E-state index contributed by atoms with van der Waals surface area (Å²) < 4.78 is 13.2. The smallest absolute Gasteiger partial charge is 0.232 e. The highest BCUT2D eigenvalue weighted by Gasteiger charge is 2.34. The number of pyridine rings is 1. The van der Waals surface area contributed by atoms with E-state index in [0.29, 0.717) is 11.4 Å². The summed E-state index contributed by atoms with van der Waals surface area (Å²) in [6.45, 7) is 0. The summed E-state index contributed by atoms with van der Waals surface area (Å²) in [5.41, 5.74) is 0.691. The van der Waals surface area contributed by atoms with Crippen molar-refractivity contribution in [2.24, 2.45) is 0 Å². The van der Waals surface area contributed by atoms with Gasteiger partial charge in [-0.3, -0.25) is 9.69 Å². The third-order valence-electron chi connectivity index (χ3n) is 3.32. The molecule has 1 aromatic heterocycles. The van der Waals surface area contributed by atoms with Gasteiger partial charge >= 0.3 is 0 Å². The van der Waals surface area contributed by atoms with Crippen LogP contribution >= 0.6 is 0 Å². The molecule has 0 unspecified atom stereocenters. The van der Waals surface area contributed by atoms with Gasteiger partial charge in [0.15, 0.2) is 0 Å². The van der Waals surface area contributed by atoms with Crippen LogP contribution in [0.4, 0.5) is 10.2 Å². The Balaban J connectivity index is 1.80. The average Bonchev–Trinajstić information content (AvgIpc) is 3.25. The third-order valence-corrected chi connectivity index (χ3v) is 3.32. The van der Waals surface area contributed by atoms with Crippen LogP contribution in [0.15, 0.2) is 48.7 Å². The number of aromatic nitrogens is 1. The van der Waals surface area contributed by atoms with Gasteiger partial charge in [-0.2, -0.15) is 0 Å². The molecule has 1 aliphatic carbocycles. The minimum Gasteiger partial charge on any atom is -0.293 e. The lowest BCUT2D eigenvalue weighted by molar-refractivity contribution is -0.118. The number of carbonyl (C=O) groups excluding carboxylic acids is 1. The summed E-state index contributed by atoms with van der Waals surface area (Å²) in [7, 11) is 0. The van der Waals surface area contributed by atoms with Crippen molar-refractivity contribution in [1.82, 2.24) is 4.98 Å². The molecule has 0 radical (unpaired) electrons. The second-order valence-electron chi connectivity index (χ2n) is 4.99. The minimum absolute atomic E-state index is 0.0307. The van der Waals surface area contributed by atoms with Crippen molar-refractivity contribution in [3.05, 3.63) is 60.0 Å². The van der Waals surface area contributed by atoms with Crippen LogP contribution in [-0.2, 0) is 11.2 Å². The molecule has 4 heteroatoms. The van der Waals surface area contributed by atoms with Crippen molar-refractivity contribution < 1.29 is 9.18 Å². The lowest BCUT2D eigenvalue weighted by Gasteiger charge is -2.21. The molecule has 1 fully saturated rings. The van der Waals surface area contributed by atoms with Crippen LogP contribution < -0.4 is 4.90 Å². The Morgan fingerprint density at radius 2 is 2.10 bits per heavy atom. The molecule has 2 aromatic rings. The van der Waals surface area contributed by atoms with Crippen LogP contribution in [0.2, 0.25) is 0 Å². The molecule has 3 nitrogen and oxygen atoms in total. The zero-order valence-electron chi connectivity index (χ0n) is 11.0. The standard InChI is InChI=1S/C16H15FN2O/c17-13-5-3-4-12(10-13)11-16(20)19(14-7-8-14)15-6-1-2-9-18-15/h1-6,9-10,14H,7-8,11H2. The number of carbonyl (C=O) groups is 1. The first kappa shape index (κ1) is 12.8. The van der Waals surface area contributed by atoms with Gasteiger partial charge in [-0.1, -0.05) is 18.2 Å². The van der Waals surface area contributed by atoms with Gasteiger partial charge in [0.2, 0.25) is 5.91 Å². The van der Waals surface area contributed by atoms with Gasteiger partial charge in [0.05, 0.1) is 6.42 Å². The van der Waals surface area contributed by atoms with Gasteiger partial charge in [-0.15, -0.1) is 0 Å². The van der Waals surface area contributed by atoms with Gasteiger partial charge in [-0.25, -0.2) is 9.37 Å². The first-order chi connectivity index (χ1) is 9.74. The molecule has 1 saturated carbocycles. The normalized spacial score (nSPS) is 14.1. The van der Waals surface area contributed by atoms with Gasteiger partial charge in [-0.05, 0) is 42.7 Å². The molecule has 0 spiro atoms. The molecule has 0 aliphatic heterocycles. The van der Waals surface area contributed by atoms with Crippen LogP contribution in [0.1, 0.15) is 18.4 Å². The molecule has 20 heavy (non-hydrogen) atoms. The fraction of sp³-hybridized carbons (Fsp3) is 0.250. The van der Waals surface area contributed by atoms with Gasteiger partial charge in [0.1, 0.15) is 11.6 Å². The minimum atomic E-state index is -0.314. The van der Waals surface area contributed by atoms with E-state index in [1.807, 2.05) is 18.2 Å². The predicted octanol–water partition coefficient (Wildman–Crippen LogP) is 2.96. The van der Waals surface area contributed by atoms with Crippen molar-refractivity contribution in [1.29, 1.82) is 0 Å². The van der Waals surface area contributed by atoms with Crippen molar-refractivity contribution >= 4 is 11.7 Å². The molecule has 0 bridgehead atoms. The molecule has 1 amide bonds. The SMILES string of the molecule is O=C(Cc1cccc(F)c1)N(c1ccccn1)C1CC1. The number of hydrogen-bond donors (Lipinski definition) is 0. The fourth-order valence-electron chi connectivity index (χ4n) is 2.25. The summed E-state index contributed by atoms with van der Waals surface area (Å²) in [6.07, 6.45) is 3.89. The molecular formula is C16H15FN2O. The Morgan fingerprint density at radius 1 is 1.25 bits per heavy atom. The summed E-state index contributed by atoms with van der Waals surface area (Å²) in [5.74, 6) is 0.333. The average molecular weight is 270 g/mol. The Hall–Kier alpha value is -2.23. The first-order valence-electron chi connectivity index (χ1n) is 6.71. The van der Waals surface area contributed by atoms with E-state index in [2.05, 4.69) is 4.98 Å². The van der Waals surface area contributed by atoms with E-state index in [-0.39, 0.29) is 24.2 Å². The summed E-state index contributed by atoms with van der Waals surface area (Å²) in [6, 6.07) is 11.9. The number of hydrogen-bond acceptors (Lipinski definition) is 2.